The molecule has 1 aromatic carbocycles. The number of hydrogen-bond acceptors (Lipinski definition) is 2. The van der Waals surface area contributed by atoms with Gasteiger partial charge in [-0.25, -0.2) is 0 Å². The molecule has 1 saturated carbocycles. The maximum Gasteiger partial charge on any atom is 0.238 e. The Balaban J connectivity index is 1.63. The van der Waals surface area contributed by atoms with Crippen LogP contribution >= 0.6 is 11.6 Å². The van der Waals surface area contributed by atoms with E-state index in [1.54, 1.807) is 0 Å². The van der Waals surface area contributed by atoms with Crippen molar-refractivity contribution < 1.29 is 4.79 Å². The minimum Gasteiger partial charge on any atom is -0.334 e. The largest absolute Gasteiger partial charge is 0.334 e. The van der Waals surface area contributed by atoms with Gasteiger partial charge in [-0.05, 0) is 37.8 Å². The van der Waals surface area contributed by atoms with E-state index in [1.165, 1.54) is 5.56 Å². The summed E-state index contributed by atoms with van der Waals surface area (Å²) >= 11 is 5.80. The Bertz CT molecular complexity index is 475. The van der Waals surface area contributed by atoms with E-state index in [0.29, 0.717) is 12.1 Å². The third-order valence-electron chi connectivity index (χ3n) is 4.47. The number of carbonyl (C=O) groups is 1. The Kier molecular flexibility index (Phi) is 4.81. The first kappa shape index (κ1) is 14.9. The molecule has 0 N–H and O–H groups in total. The molecule has 0 aromatic heterocycles. The van der Waals surface area contributed by atoms with Gasteiger partial charge in [0.05, 0.1) is 0 Å². The van der Waals surface area contributed by atoms with Crippen LogP contribution in [0.4, 0.5) is 0 Å². The van der Waals surface area contributed by atoms with Gasteiger partial charge in [-0.15, -0.1) is 11.6 Å². The van der Waals surface area contributed by atoms with E-state index in [0.717, 1.165) is 45.3 Å². The molecule has 2 fully saturated rings. The fraction of sp³-hybridized carbons (Fsp3) is 0.588. The molecule has 3 nitrogen and oxygen atoms in total. The molecule has 1 heterocycles. The van der Waals surface area contributed by atoms with Crippen LogP contribution in [0.5, 0.6) is 0 Å². The number of nitrogens with zero attached hydrogens (tertiary/aromatic N) is 2. The molecular formula is C17H23ClN2O. The molecule has 21 heavy (non-hydrogen) atoms. The summed E-state index contributed by atoms with van der Waals surface area (Å²) in [6, 6.07) is 11.4. The van der Waals surface area contributed by atoms with Crippen molar-refractivity contribution in [2.24, 2.45) is 0 Å². The zero-order valence-corrected chi connectivity index (χ0v) is 13.1. The molecule has 0 spiro atoms. The van der Waals surface area contributed by atoms with Crippen LogP contribution in [-0.4, -0.2) is 46.8 Å². The Hall–Kier alpha value is -1.06. The van der Waals surface area contributed by atoms with Gasteiger partial charge in [0, 0.05) is 25.2 Å². The molecule has 1 amide bonds. The topological polar surface area (TPSA) is 23.6 Å². The molecule has 0 unspecified atom stereocenters. The van der Waals surface area contributed by atoms with Crippen LogP contribution in [0.1, 0.15) is 31.2 Å². The quantitative estimate of drug-likeness (QED) is 0.781. The number of rotatable bonds is 5. The zero-order valence-electron chi connectivity index (χ0n) is 12.4. The number of halogens is 1. The van der Waals surface area contributed by atoms with Crippen molar-refractivity contribution in [1.29, 1.82) is 0 Å². The molecule has 114 valence electrons. The molecule has 4 heteroatoms. The van der Waals surface area contributed by atoms with Gasteiger partial charge in [0.25, 0.3) is 0 Å². The fourth-order valence-corrected chi connectivity index (χ4v) is 3.51. The number of alkyl halides is 1. The summed E-state index contributed by atoms with van der Waals surface area (Å²) in [6.45, 7) is 3.08. The molecule has 1 saturated heterocycles. The maximum absolute atomic E-state index is 12.1. The number of amides is 1. The summed E-state index contributed by atoms with van der Waals surface area (Å²) in [5.41, 5.74) is 1.35. The summed E-state index contributed by atoms with van der Waals surface area (Å²) in [7, 11) is 0. The van der Waals surface area contributed by atoms with Crippen LogP contribution in [0.2, 0.25) is 0 Å². The summed E-state index contributed by atoms with van der Waals surface area (Å²) in [4.78, 5) is 16.7. The average Bonchev–Trinajstić information content (AvgIpc) is 3.33. The third-order valence-corrected chi connectivity index (χ3v) is 4.69. The number of hydrogen-bond donors (Lipinski definition) is 0. The molecule has 0 bridgehead atoms. The maximum atomic E-state index is 12.1. The van der Waals surface area contributed by atoms with Gasteiger partial charge in [-0.1, -0.05) is 30.3 Å². The van der Waals surface area contributed by atoms with Crippen LogP contribution in [0, 0.1) is 0 Å². The van der Waals surface area contributed by atoms with Gasteiger partial charge in [0.2, 0.25) is 5.91 Å². The highest BCUT2D eigenvalue weighted by Crippen LogP contribution is 2.32. The van der Waals surface area contributed by atoms with Crippen molar-refractivity contribution in [3.05, 3.63) is 35.9 Å². The van der Waals surface area contributed by atoms with Gasteiger partial charge in [0.1, 0.15) is 5.88 Å². The highest BCUT2D eigenvalue weighted by molar-refractivity contribution is 6.27. The van der Waals surface area contributed by atoms with E-state index < -0.39 is 0 Å². The Morgan fingerprint density at radius 3 is 2.62 bits per heavy atom. The van der Waals surface area contributed by atoms with Gasteiger partial charge >= 0.3 is 0 Å². The number of benzene rings is 1. The first-order chi connectivity index (χ1) is 10.3. The van der Waals surface area contributed by atoms with E-state index in [4.69, 9.17) is 11.6 Å². The minimum absolute atomic E-state index is 0.116. The molecule has 1 aliphatic heterocycles. The smallest absolute Gasteiger partial charge is 0.238 e. The average molecular weight is 307 g/mol. The SMILES string of the molecule is O=C(CCl)N(C1CC1)[C@H]1CCCN(Cc2ccccc2)C1. The predicted molar refractivity (Wildman–Crippen MR) is 85.3 cm³/mol. The second-order valence-corrected chi connectivity index (χ2v) is 6.45. The lowest BCUT2D eigenvalue weighted by Gasteiger charge is -2.39. The van der Waals surface area contributed by atoms with Crippen molar-refractivity contribution in [3.63, 3.8) is 0 Å². The van der Waals surface area contributed by atoms with Crippen LogP contribution in [0.25, 0.3) is 0 Å². The molecular weight excluding hydrogens is 284 g/mol. The summed E-state index contributed by atoms with van der Waals surface area (Å²) in [5, 5.41) is 0. The molecule has 1 aromatic rings. The van der Waals surface area contributed by atoms with E-state index >= 15 is 0 Å². The van der Waals surface area contributed by atoms with Crippen molar-refractivity contribution in [2.75, 3.05) is 19.0 Å². The zero-order chi connectivity index (χ0) is 14.7. The van der Waals surface area contributed by atoms with E-state index in [2.05, 4.69) is 40.1 Å². The van der Waals surface area contributed by atoms with Crippen molar-refractivity contribution in [3.8, 4) is 0 Å². The second-order valence-electron chi connectivity index (χ2n) is 6.18. The number of piperidine rings is 1. The predicted octanol–water partition coefficient (Wildman–Crippen LogP) is 2.88. The monoisotopic (exact) mass is 306 g/mol. The Morgan fingerprint density at radius 1 is 1.19 bits per heavy atom. The van der Waals surface area contributed by atoms with Crippen LogP contribution in [-0.2, 0) is 11.3 Å². The molecule has 2 aliphatic rings. The highest BCUT2D eigenvalue weighted by atomic mass is 35.5. The van der Waals surface area contributed by atoms with Gasteiger partial charge in [-0.2, -0.15) is 0 Å². The molecule has 1 atom stereocenters. The van der Waals surface area contributed by atoms with Gasteiger partial charge in [0.15, 0.2) is 0 Å². The number of likely N-dealkylation sites (tertiary alicyclic amines) is 1. The van der Waals surface area contributed by atoms with Crippen LogP contribution in [0.15, 0.2) is 30.3 Å². The van der Waals surface area contributed by atoms with E-state index in [1.807, 2.05) is 0 Å². The minimum atomic E-state index is 0.116. The van der Waals surface area contributed by atoms with E-state index in [-0.39, 0.29) is 11.8 Å². The lowest BCUT2D eigenvalue weighted by molar-refractivity contribution is -0.132. The number of carbonyl (C=O) groups excluding carboxylic acids is 1. The Morgan fingerprint density at radius 2 is 1.95 bits per heavy atom. The van der Waals surface area contributed by atoms with E-state index in [9.17, 15) is 4.79 Å². The first-order valence-electron chi connectivity index (χ1n) is 7.91. The van der Waals surface area contributed by atoms with Gasteiger partial charge < -0.3 is 4.90 Å². The standard InChI is InChI=1S/C17H23ClN2O/c18-11-17(21)20(15-8-9-15)16-7-4-10-19(13-16)12-14-5-2-1-3-6-14/h1-3,5-6,15-16H,4,7-13H2/t16-/m0/s1. The lowest BCUT2D eigenvalue weighted by Crippen LogP contribution is -2.51. The Labute approximate surface area is 131 Å². The molecule has 3 rings (SSSR count). The van der Waals surface area contributed by atoms with Crippen LogP contribution in [0.3, 0.4) is 0 Å². The van der Waals surface area contributed by atoms with Crippen molar-refractivity contribution in [2.45, 2.75) is 44.3 Å². The van der Waals surface area contributed by atoms with Crippen molar-refractivity contribution >= 4 is 17.5 Å². The van der Waals surface area contributed by atoms with Crippen molar-refractivity contribution in [1.82, 2.24) is 9.80 Å². The third kappa shape index (κ3) is 3.78. The first-order valence-corrected chi connectivity index (χ1v) is 8.45. The normalized spacial score (nSPS) is 23.0. The molecule has 0 radical (unpaired) electrons. The van der Waals surface area contributed by atoms with Gasteiger partial charge in [-0.3, -0.25) is 9.69 Å². The lowest BCUT2D eigenvalue weighted by atomic mass is 10.0. The summed E-state index contributed by atoms with van der Waals surface area (Å²) in [5.74, 6) is 0.233. The summed E-state index contributed by atoms with van der Waals surface area (Å²) in [6.07, 6.45) is 4.58. The second kappa shape index (κ2) is 6.80. The molecule has 1 aliphatic carbocycles. The summed E-state index contributed by atoms with van der Waals surface area (Å²) < 4.78 is 0. The highest BCUT2D eigenvalue weighted by Gasteiger charge is 2.38. The fourth-order valence-electron chi connectivity index (χ4n) is 3.37. The van der Waals surface area contributed by atoms with Crippen LogP contribution < -0.4 is 0 Å².